The number of amides is 1. The Hall–Kier alpha value is -2.62. The van der Waals surface area contributed by atoms with Crippen LogP contribution in [-0.4, -0.2) is 18.5 Å². The Morgan fingerprint density at radius 2 is 1.52 bits per heavy atom. The molecular formula is C21H25NO3. The third-order valence-electron chi connectivity index (χ3n) is 3.93. The lowest BCUT2D eigenvalue weighted by Gasteiger charge is -2.16. The fourth-order valence-electron chi connectivity index (χ4n) is 2.75. The van der Waals surface area contributed by atoms with E-state index >= 15 is 0 Å². The molecule has 2 aromatic rings. The molecule has 4 heteroatoms. The standard InChI is InChI=1S/C21H25NO3/c1-2-25-21(24)15-19(13-17-9-5-3-6-10-17)14-20(23)22-16-18-11-7-4-8-12-18/h3-12,19H,2,13-16H2,1H3,(H,22,23)/t19-/m0/s1. The SMILES string of the molecule is CCOC(=O)C[C@H](CC(=O)NCc1ccccc1)Cc1ccccc1. The highest BCUT2D eigenvalue weighted by Gasteiger charge is 2.19. The maximum Gasteiger partial charge on any atom is 0.306 e. The predicted octanol–water partition coefficient (Wildman–Crippen LogP) is 3.51. The highest BCUT2D eigenvalue weighted by molar-refractivity contribution is 5.77. The van der Waals surface area contributed by atoms with E-state index in [1.54, 1.807) is 6.92 Å². The zero-order chi connectivity index (χ0) is 17.9. The van der Waals surface area contributed by atoms with Crippen LogP contribution in [0.4, 0.5) is 0 Å². The second-order valence-corrected chi connectivity index (χ2v) is 6.03. The highest BCUT2D eigenvalue weighted by atomic mass is 16.5. The molecule has 0 aliphatic heterocycles. The third kappa shape index (κ3) is 7.21. The minimum absolute atomic E-state index is 0.0471. The summed E-state index contributed by atoms with van der Waals surface area (Å²) in [6.07, 6.45) is 1.24. The van der Waals surface area contributed by atoms with Crippen LogP contribution in [0.25, 0.3) is 0 Å². The summed E-state index contributed by atoms with van der Waals surface area (Å²) in [7, 11) is 0. The Bertz CT molecular complexity index is 655. The molecule has 0 saturated carbocycles. The van der Waals surface area contributed by atoms with Gasteiger partial charge in [0.2, 0.25) is 5.91 Å². The van der Waals surface area contributed by atoms with Gasteiger partial charge in [0.15, 0.2) is 0 Å². The minimum Gasteiger partial charge on any atom is -0.466 e. The van der Waals surface area contributed by atoms with E-state index in [9.17, 15) is 9.59 Å². The topological polar surface area (TPSA) is 55.4 Å². The second kappa shape index (κ2) is 10.3. The van der Waals surface area contributed by atoms with E-state index in [-0.39, 0.29) is 24.2 Å². The normalized spacial score (nSPS) is 11.6. The number of hydrogen-bond acceptors (Lipinski definition) is 3. The van der Waals surface area contributed by atoms with Gasteiger partial charge in [-0.15, -0.1) is 0 Å². The Morgan fingerprint density at radius 3 is 2.12 bits per heavy atom. The number of rotatable bonds is 9. The van der Waals surface area contributed by atoms with Gasteiger partial charge < -0.3 is 10.1 Å². The first-order valence-corrected chi connectivity index (χ1v) is 8.67. The molecule has 1 atom stereocenters. The molecule has 0 aliphatic rings. The third-order valence-corrected chi connectivity index (χ3v) is 3.93. The van der Waals surface area contributed by atoms with Crippen LogP contribution in [0.1, 0.15) is 30.9 Å². The smallest absolute Gasteiger partial charge is 0.306 e. The molecule has 2 rings (SSSR count). The zero-order valence-corrected chi connectivity index (χ0v) is 14.6. The van der Waals surface area contributed by atoms with Crippen molar-refractivity contribution in [1.29, 1.82) is 0 Å². The molecule has 1 amide bonds. The summed E-state index contributed by atoms with van der Waals surface area (Å²) >= 11 is 0. The molecule has 0 aromatic heterocycles. The van der Waals surface area contributed by atoms with Crippen LogP contribution < -0.4 is 5.32 Å². The van der Waals surface area contributed by atoms with E-state index in [0.717, 1.165) is 11.1 Å². The van der Waals surface area contributed by atoms with Crippen molar-refractivity contribution in [3.63, 3.8) is 0 Å². The molecule has 0 aliphatic carbocycles. The first-order valence-electron chi connectivity index (χ1n) is 8.67. The van der Waals surface area contributed by atoms with Crippen LogP contribution in [0, 0.1) is 5.92 Å². The van der Waals surface area contributed by atoms with Crippen LogP contribution in [0.15, 0.2) is 60.7 Å². The van der Waals surface area contributed by atoms with E-state index in [4.69, 9.17) is 4.74 Å². The van der Waals surface area contributed by atoms with Crippen molar-refractivity contribution in [2.45, 2.75) is 32.7 Å². The number of carbonyl (C=O) groups is 2. The van der Waals surface area contributed by atoms with E-state index < -0.39 is 0 Å². The van der Waals surface area contributed by atoms with E-state index in [1.165, 1.54) is 0 Å². The molecule has 0 saturated heterocycles. The monoisotopic (exact) mass is 339 g/mol. The van der Waals surface area contributed by atoms with Gasteiger partial charge in [0.1, 0.15) is 0 Å². The summed E-state index contributed by atoms with van der Waals surface area (Å²) in [5.41, 5.74) is 2.17. The molecule has 0 radical (unpaired) electrons. The number of hydrogen-bond donors (Lipinski definition) is 1. The quantitative estimate of drug-likeness (QED) is 0.711. The fourth-order valence-corrected chi connectivity index (χ4v) is 2.75. The average molecular weight is 339 g/mol. The lowest BCUT2D eigenvalue weighted by Crippen LogP contribution is -2.27. The Labute approximate surface area is 149 Å². The molecule has 0 fully saturated rings. The predicted molar refractivity (Wildman–Crippen MR) is 97.8 cm³/mol. The van der Waals surface area contributed by atoms with Gasteiger partial charge in [0.25, 0.3) is 0 Å². The van der Waals surface area contributed by atoms with Crippen molar-refractivity contribution < 1.29 is 14.3 Å². The van der Waals surface area contributed by atoms with Gasteiger partial charge in [-0.3, -0.25) is 9.59 Å². The van der Waals surface area contributed by atoms with Gasteiger partial charge in [-0.1, -0.05) is 60.7 Å². The van der Waals surface area contributed by atoms with Crippen molar-refractivity contribution in [2.75, 3.05) is 6.61 Å². The first kappa shape index (κ1) is 18.7. The number of carbonyl (C=O) groups excluding carboxylic acids is 2. The summed E-state index contributed by atoms with van der Waals surface area (Å²) in [5, 5.41) is 2.93. The van der Waals surface area contributed by atoms with Crippen molar-refractivity contribution in [3.05, 3.63) is 71.8 Å². The maximum atomic E-state index is 12.3. The molecule has 0 bridgehead atoms. The Kier molecular flexibility index (Phi) is 7.70. The van der Waals surface area contributed by atoms with E-state index in [1.807, 2.05) is 60.7 Å². The van der Waals surface area contributed by atoms with Gasteiger partial charge in [-0.25, -0.2) is 0 Å². The maximum absolute atomic E-state index is 12.3. The fraction of sp³-hybridized carbons (Fsp3) is 0.333. The molecule has 0 spiro atoms. The minimum atomic E-state index is -0.251. The van der Waals surface area contributed by atoms with Crippen molar-refractivity contribution in [1.82, 2.24) is 5.32 Å². The van der Waals surface area contributed by atoms with Crippen molar-refractivity contribution in [3.8, 4) is 0 Å². The highest BCUT2D eigenvalue weighted by Crippen LogP contribution is 2.17. The lowest BCUT2D eigenvalue weighted by atomic mass is 9.93. The summed E-state index contributed by atoms with van der Waals surface area (Å²) in [6, 6.07) is 19.7. The molecular weight excluding hydrogens is 314 g/mol. The van der Waals surface area contributed by atoms with Gasteiger partial charge in [0, 0.05) is 19.4 Å². The largest absolute Gasteiger partial charge is 0.466 e. The number of nitrogens with one attached hydrogen (secondary N) is 1. The molecule has 1 N–H and O–H groups in total. The second-order valence-electron chi connectivity index (χ2n) is 6.03. The van der Waals surface area contributed by atoms with Crippen LogP contribution in [-0.2, 0) is 27.3 Å². The summed E-state index contributed by atoms with van der Waals surface area (Å²) in [5.74, 6) is -0.370. The van der Waals surface area contributed by atoms with Gasteiger partial charge in [0.05, 0.1) is 6.61 Å². The zero-order valence-electron chi connectivity index (χ0n) is 14.6. The molecule has 0 unspecified atom stereocenters. The molecule has 4 nitrogen and oxygen atoms in total. The summed E-state index contributed by atoms with van der Waals surface area (Å²) in [6.45, 7) is 2.64. The Balaban J connectivity index is 1.91. The lowest BCUT2D eigenvalue weighted by molar-refractivity contribution is -0.144. The van der Waals surface area contributed by atoms with Crippen LogP contribution in [0.2, 0.25) is 0 Å². The molecule has 2 aromatic carbocycles. The summed E-state index contributed by atoms with van der Waals surface area (Å²) in [4.78, 5) is 24.1. The van der Waals surface area contributed by atoms with Crippen LogP contribution >= 0.6 is 0 Å². The van der Waals surface area contributed by atoms with E-state index in [0.29, 0.717) is 26.0 Å². The number of benzene rings is 2. The van der Waals surface area contributed by atoms with Crippen molar-refractivity contribution >= 4 is 11.9 Å². The van der Waals surface area contributed by atoms with Gasteiger partial charge in [-0.05, 0) is 30.4 Å². The van der Waals surface area contributed by atoms with Crippen molar-refractivity contribution in [2.24, 2.45) is 5.92 Å². The first-order chi connectivity index (χ1) is 12.2. The van der Waals surface area contributed by atoms with Crippen LogP contribution in [0.5, 0.6) is 0 Å². The van der Waals surface area contributed by atoms with Gasteiger partial charge in [-0.2, -0.15) is 0 Å². The molecule has 132 valence electrons. The molecule has 0 heterocycles. The molecule has 25 heavy (non-hydrogen) atoms. The number of esters is 1. The summed E-state index contributed by atoms with van der Waals surface area (Å²) < 4.78 is 5.05. The number of ether oxygens (including phenoxy) is 1. The Morgan fingerprint density at radius 1 is 0.920 bits per heavy atom. The van der Waals surface area contributed by atoms with Crippen LogP contribution in [0.3, 0.4) is 0 Å². The van der Waals surface area contributed by atoms with E-state index in [2.05, 4.69) is 5.32 Å². The van der Waals surface area contributed by atoms with Gasteiger partial charge >= 0.3 is 5.97 Å². The average Bonchev–Trinajstić information content (AvgIpc) is 2.62.